The molecule has 0 saturated carbocycles. The summed E-state index contributed by atoms with van der Waals surface area (Å²) in [6.45, 7) is 2.19. The molecule has 0 aliphatic carbocycles. The van der Waals surface area contributed by atoms with Crippen molar-refractivity contribution >= 4 is 11.9 Å². The Bertz CT molecular complexity index is 353. The van der Waals surface area contributed by atoms with Crippen molar-refractivity contribution in [2.24, 2.45) is 0 Å². The van der Waals surface area contributed by atoms with Gasteiger partial charge in [-0.05, 0) is 13.0 Å². The van der Waals surface area contributed by atoms with Crippen LogP contribution in [0.5, 0.6) is 0 Å². The number of carbonyl (C=O) groups is 2. The smallest absolute Gasteiger partial charge is 0.352 e. The standard InChI is InChI=1S/C8H9NO4/c1-2-9-4-5(7(10)11)3-6(9)8(12)13/h3-4H,2H2,1H3,(H,10,11)(H,12,13). The summed E-state index contributed by atoms with van der Waals surface area (Å²) in [6.07, 6.45) is 1.31. The molecule has 0 bridgehead atoms. The summed E-state index contributed by atoms with van der Waals surface area (Å²) in [5.41, 5.74) is -0.000787. The van der Waals surface area contributed by atoms with Crippen LogP contribution in [0.3, 0.4) is 0 Å². The molecule has 0 spiro atoms. The highest BCUT2D eigenvalue weighted by molar-refractivity contribution is 5.93. The van der Waals surface area contributed by atoms with E-state index in [1.165, 1.54) is 10.8 Å². The molecule has 70 valence electrons. The predicted octanol–water partition coefficient (Wildman–Crippen LogP) is 0.904. The van der Waals surface area contributed by atoms with E-state index in [0.29, 0.717) is 6.54 Å². The lowest BCUT2D eigenvalue weighted by Crippen LogP contribution is -2.05. The van der Waals surface area contributed by atoms with E-state index in [4.69, 9.17) is 10.2 Å². The number of carboxylic acid groups (broad SMARTS) is 2. The predicted molar refractivity (Wildman–Crippen MR) is 44.0 cm³/mol. The molecule has 1 aromatic heterocycles. The first-order valence-electron chi connectivity index (χ1n) is 3.73. The molecule has 0 aromatic carbocycles. The van der Waals surface area contributed by atoms with Gasteiger partial charge in [0.25, 0.3) is 0 Å². The molecule has 0 aliphatic heterocycles. The molecule has 5 nitrogen and oxygen atoms in total. The second-order valence-electron chi connectivity index (χ2n) is 2.51. The minimum Gasteiger partial charge on any atom is -0.478 e. The van der Waals surface area contributed by atoms with Crippen LogP contribution in [0, 0.1) is 0 Å². The van der Waals surface area contributed by atoms with Gasteiger partial charge in [-0.1, -0.05) is 0 Å². The quantitative estimate of drug-likeness (QED) is 0.729. The Hall–Kier alpha value is -1.78. The van der Waals surface area contributed by atoms with Gasteiger partial charge in [0.1, 0.15) is 5.69 Å². The van der Waals surface area contributed by atoms with E-state index in [-0.39, 0.29) is 11.3 Å². The van der Waals surface area contributed by atoms with Gasteiger partial charge in [-0.2, -0.15) is 0 Å². The van der Waals surface area contributed by atoms with Gasteiger partial charge in [0, 0.05) is 12.7 Å². The van der Waals surface area contributed by atoms with Gasteiger partial charge >= 0.3 is 11.9 Å². The zero-order valence-electron chi connectivity index (χ0n) is 7.02. The van der Waals surface area contributed by atoms with Crippen LogP contribution in [0.25, 0.3) is 0 Å². The molecule has 0 aliphatic rings. The van der Waals surface area contributed by atoms with E-state index in [1.807, 2.05) is 0 Å². The first-order chi connectivity index (χ1) is 6.06. The van der Waals surface area contributed by atoms with Gasteiger partial charge < -0.3 is 14.8 Å². The summed E-state index contributed by atoms with van der Waals surface area (Å²) < 4.78 is 1.38. The maximum absolute atomic E-state index is 10.6. The number of aromatic nitrogens is 1. The molecular formula is C8H9NO4. The Kier molecular flexibility index (Phi) is 2.36. The molecule has 5 heteroatoms. The van der Waals surface area contributed by atoms with Crippen LogP contribution in [0.2, 0.25) is 0 Å². The van der Waals surface area contributed by atoms with Crippen LogP contribution in [0.1, 0.15) is 27.8 Å². The monoisotopic (exact) mass is 183 g/mol. The Balaban J connectivity index is 3.19. The fraction of sp³-hybridized carbons (Fsp3) is 0.250. The van der Waals surface area contributed by atoms with Crippen molar-refractivity contribution in [2.75, 3.05) is 0 Å². The average molecular weight is 183 g/mol. The molecule has 0 amide bonds. The largest absolute Gasteiger partial charge is 0.478 e. The molecule has 0 radical (unpaired) electrons. The van der Waals surface area contributed by atoms with E-state index >= 15 is 0 Å². The van der Waals surface area contributed by atoms with Crippen LogP contribution >= 0.6 is 0 Å². The molecule has 1 rings (SSSR count). The Morgan fingerprint density at radius 2 is 2.00 bits per heavy atom. The second-order valence-corrected chi connectivity index (χ2v) is 2.51. The Morgan fingerprint density at radius 3 is 2.31 bits per heavy atom. The van der Waals surface area contributed by atoms with Crippen molar-refractivity contribution in [3.63, 3.8) is 0 Å². The van der Waals surface area contributed by atoms with Gasteiger partial charge in [-0.15, -0.1) is 0 Å². The van der Waals surface area contributed by atoms with Crippen LogP contribution in [0.4, 0.5) is 0 Å². The minimum atomic E-state index is -1.12. The van der Waals surface area contributed by atoms with Gasteiger partial charge in [0.05, 0.1) is 5.56 Å². The van der Waals surface area contributed by atoms with E-state index in [0.717, 1.165) is 6.07 Å². The van der Waals surface area contributed by atoms with Crippen molar-refractivity contribution < 1.29 is 19.8 Å². The average Bonchev–Trinajstić information content (AvgIpc) is 2.47. The summed E-state index contributed by atoms with van der Waals surface area (Å²) >= 11 is 0. The molecule has 1 aromatic rings. The van der Waals surface area contributed by atoms with Gasteiger partial charge in [-0.25, -0.2) is 9.59 Å². The van der Waals surface area contributed by atoms with E-state index in [9.17, 15) is 9.59 Å². The summed E-state index contributed by atoms with van der Waals surface area (Å²) in [5, 5.41) is 17.3. The molecule has 1 heterocycles. The number of aryl methyl sites for hydroxylation is 1. The normalized spacial score (nSPS) is 9.92. The van der Waals surface area contributed by atoms with Gasteiger partial charge in [-0.3, -0.25) is 0 Å². The number of carboxylic acids is 2. The highest BCUT2D eigenvalue weighted by Gasteiger charge is 2.14. The van der Waals surface area contributed by atoms with Crippen LogP contribution in [0.15, 0.2) is 12.3 Å². The number of hydrogen-bond donors (Lipinski definition) is 2. The van der Waals surface area contributed by atoms with Crippen molar-refractivity contribution in [3.05, 3.63) is 23.5 Å². The molecule has 0 unspecified atom stereocenters. The summed E-state index contributed by atoms with van der Waals surface area (Å²) in [7, 11) is 0. The first kappa shape index (κ1) is 9.31. The van der Waals surface area contributed by atoms with Gasteiger partial charge in [0.2, 0.25) is 0 Å². The van der Waals surface area contributed by atoms with E-state index < -0.39 is 11.9 Å². The molecule has 0 atom stereocenters. The third kappa shape index (κ3) is 1.69. The molecule has 13 heavy (non-hydrogen) atoms. The number of hydrogen-bond acceptors (Lipinski definition) is 2. The van der Waals surface area contributed by atoms with Crippen molar-refractivity contribution in [1.29, 1.82) is 0 Å². The van der Waals surface area contributed by atoms with E-state index in [1.54, 1.807) is 6.92 Å². The Morgan fingerprint density at radius 1 is 1.38 bits per heavy atom. The van der Waals surface area contributed by atoms with Crippen LogP contribution < -0.4 is 0 Å². The molecular weight excluding hydrogens is 174 g/mol. The van der Waals surface area contributed by atoms with Gasteiger partial charge in [0.15, 0.2) is 0 Å². The van der Waals surface area contributed by atoms with Crippen molar-refractivity contribution in [3.8, 4) is 0 Å². The van der Waals surface area contributed by atoms with Crippen LogP contribution in [-0.2, 0) is 6.54 Å². The summed E-state index contributed by atoms with van der Waals surface area (Å²) in [6, 6.07) is 1.15. The summed E-state index contributed by atoms with van der Waals surface area (Å²) in [5.74, 6) is -2.23. The fourth-order valence-corrected chi connectivity index (χ4v) is 1.07. The molecule has 2 N–H and O–H groups in total. The lowest BCUT2D eigenvalue weighted by molar-refractivity contribution is 0.0682. The van der Waals surface area contributed by atoms with E-state index in [2.05, 4.69) is 0 Å². The van der Waals surface area contributed by atoms with Crippen LogP contribution in [-0.4, -0.2) is 26.7 Å². The minimum absolute atomic E-state index is 0.0000926. The zero-order valence-corrected chi connectivity index (χ0v) is 7.02. The fourth-order valence-electron chi connectivity index (χ4n) is 1.07. The first-order valence-corrected chi connectivity index (χ1v) is 3.73. The number of rotatable bonds is 3. The second kappa shape index (κ2) is 3.30. The number of aromatic carboxylic acids is 2. The lowest BCUT2D eigenvalue weighted by atomic mass is 10.3. The maximum atomic E-state index is 10.6. The summed E-state index contributed by atoms with van der Waals surface area (Å²) in [4.78, 5) is 21.1. The molecule has 0 fully saturated rings. The zero-order chi connectivity index (χ0) is 10.0. The lowest BCUT2D eigenvalue weighted by Gasteiger charge is -1.98. The highest BCUT2D eigenvalue weighted by Crippen LogP contribution is 2.08. The Labute approximate surface area is 74.2 Å². The van der Waals surface area contributed by atoms with Crippen molar-refractivity contribution in [2.45, 2.75) is 13.5 Å². The topological polar surface area (TPSA) is 79.5 Å². The highest BCUT2D eigenvalue weighted by atomic mass is 16.4. The third-order valence-electron chi connectivity index (χ3n) is 1.70. The maximum Gasteiger partial charge on any atom is 0.352 e. The molecule has 0 saturated heterocycles. The third-order valence-corrected chi connectivity index (χ3v) is 1.70. The van der Waals surface area contributed by atoms with Crippen molar-refractivity contribution in [1.82, 2.24) is 4.57 Å². The number of nitrogens with zero attached hydrogens (tertiary/aromatic N) is 1. The SMILES string of the molecule is CCn1cc(C(=O)O)cc1C(=O)O.